The Labute approximate surface area is 134 Å². The molecule has 4 nitrogen and oxygen atoms in total. The number of pyridine rings is 1. The molecule has 0 unspecified atom stereocenters. The van der Waals surface area contributed by atoms with Crippen molar-refractivity contribution in [3.63, 3.8) is 0 Å². The number of aryl methyl sites for hydroxylation is 2. The molecule has 0 atom stereocenters. The maximum absolute atomic E-state index is 4.35. The van der Waals surface area contributed by atoms with Gasteiger partial charge in [-0.05, 0) is 18.6 Å². The fourth-order valence-corrected chi connectivity index (χ4v) is 3.15. The smallest absolute Gasteiger partial charge is 0.159 e. The lowest BCUT2D eigenvalue weighted by Crippen LogP contribution is -2.05. The summed E-state index contributed by atoms with van der Waals surface area (Å²) in [6, 6.07) is 10.8. The van der Waals surface area contributed by atoms with E-state index in [2.05, 4.69) is 46.6 Å². The molecular formula is C17H20N4S. The Bertz CT molecular complexity index is 749. The normalized spacial score (nSPS) is 11.0. The molecule has 5 heteroatoms. The maximum Gasteiger partial charge on any atom is 0.159 e. The highest BCUT2D eigenvalue weighted by molar-refractivity contribution is 7.98. The summed E-state index contributed by atoms with van der Waals surface area (Å²) >= 11 is 1.94. The number of aromatic nitrogens is 3. The van der Waals surface area contributed by atoms with Crippen LogP contribution in [0, 0.1) is 6.92 Å². The molecule has 1 N–H and O–H groups in total. The van der Waals surface area contributed by atoms with Gasteiger partial charge in [0.05, 0.1) is 11.6 Å². The first-order valence-electron chi connectivity index (χ1n) is 7.38. The number of thioether (sulfide) groups is 1. The van der Waals surface area contributed by atoms with Gasteiger partial charge < -0.3 is 5.32 Å². The molecule has 114 valence electrons. The number of fused-ring (bicyclic) bond motifs is 1. The number of nitrogens with one attached hydrogen (secondary N) is 1. The Balaban J connectivity index is 1.49. The van der Waals surface area contributed by atoms with Gasteiger partial charge in [-0.2, -0.15) is 16.9 Å². The van der Waals surface area contributed by atoms with Crippen LogP contribution >= 0.6 is 11.8 Å². The Kier molecular flexibility index (Phi) is 4.63. The minimum atomic E-state index is 0.914. The second-order valence-corrected chi connectivity index (χ2v) is 6.43. The van der Waals surface area contributed by atoms with Crippen molar-refractivity contribution in [2.75, 3.05) is 17.6 Å². The zero-order valence-electron chi connectivity index (χ0n) is 12.9. The summed E-state index contributed by atoms with van der Waals surface area (Å²) in [4.78, 5) is 4.35. The zero-order valence-corrected chi connectivity index (χ0v) is 13.7. The topological polar surface area (TPSA) is 42.7 Å². The van der Waals surface area contributed by atoms with E-state index in [9.17, 15) is 0 Å². The summed E-state index contributed by atoms with van der Waals surface area (Å²) in [5.74, 6) is 2.12. The average Bonchev–Trinajstić information content (AvgIpc) is 2.91. The lowest BCUT2D eigenvalue weighted by atomic mass is 10.2. The lowest BCUT2D eigenvalue weighted by Gasteiger charge is -2.07. The van der Waals surface area contributed by atoms with Crippen LogP contribution in [0.1, 0.15) is 11.1 Å². The van der Waals surface area contributed by atoms with Crippen molar-refractivity contribution in [3.8, 4) is 0 Å². The molecule has 0 spiro atoms. The monoisotopic (exact) mass is 312 g/mol. The van der Waals surface area contributed by atoms with Crippen molar-refractivity contribution in [1.29, 1.82) is 0 Å². The molecule has 3 rings (SSSR count). The highest BCUT2D eigenvalue weighted by Crippen LogP contribution is 2.20. The highest BCUT2D eigenvalue weighted by Gasteiger charge is 2.05. The van der Waals surface area contributed by atoms with Crippen molar-refractivity contribution in [2.45, 2.75) is 12.7 Å². The van der Waals surface area contributed by atoms with Gasteiger partial charge in [-0.1, -0.05) is 29.8 Å². The van der Waals surface area contributed by atoms with Crippen LogP contribution in [0.25, 0.3) is 11.0 Å². The third kappa shape index (κ3) is 3.42. The van der Waals surface area contributed by atoms with Gasteiger partial charge in [0.25, 0.3) is 0 Å². The van der Waals surface area contributed by atoms with Crippen LogP contribution in [0.15, 0.2) is 42.7 Å². The highest BCUT2D eigenvalue weighted by atomic mass is 32.2. The maximum atomic E-state index is 4.35. The van der Waals surface area contributed by atoms with Gasteiger partial charge in [-0.25, -0.2) is 4.98 Å². The van der Waals surface area contributed by atoms with Gasteiger partial charge in [0.1, 0.15) is 0 Å². The van der Waals surface area contributed by atoms with Crippen molar-refractivity contribution in [1.82, 2.24) is 14.8 Å². The minimum Gasteiger partial charge on any atom is -0.384 e. The van der Waals surface area contributed by atoms with Gasteiger partial charge in [0.15, 0.2) is 5.65 Å². The predicted molar refractivity (Wildman–Crippen MR) is 94.3 cm³/mol. The van der Waals surface area contributed by atoms with E-state index in [1.54, 1.807) is 4.68 Å². The van der Waals surface area contributed by atoms with Crippen LogP contribution in [0.5, 0.6) is 0 Å². The Morgan fingerprint density at radius 3 is 2.82 bits per heavy atom. The first kappa shape index (κ1) is 14.9. The first-order valence-corrected chi connectivity index (χ1v) is 8.53. The van der Waals surface area contributed by atoms with E-state index in [1.165, 1.54) is 11.1 Å². The third-order valence-corrected chi connectivity index (χ3v) is 4.62. The van der Waals surface area contributed by atoms with Crippen molar-refractivity contribution in [2.24, 2.45) is 7.05 Å². The Morgan fingerprint density at radius 2 is 2.00 bits per heavy atom. The average molecular weight is 312 g/mol. The van der Waals surface area contributed by atoms with Gasteiger partial charge in [-0.15, -0.1) is 0 Å². The second-order valence-electron chi connectivity index (χ2n) is 5.33. The molecule has 0 saturated heterocycles. The second kappa shape index (κ2) is 6.83. The van der Waals surface area contributed by atoms with E-state index in [-0.39, 0.29) is 0 Å². The summed E-state index contributed by atoms with van der Waals surface area (Å²) in [7, 11) is 1.91. The van der Waals surface area contributed by atoms with Crippen LogP contribution in [0.3, 0.4) is 0 Å². The summed E-state index contributed by atoms with van der Waals surface area (Å²) < 4.78 is 1.80. The molecule has 1 aromatic carbocycles. The first-order chi connectivity index (χ1) is 10.7. The van der Waals surface area contributed by atoms with Crippen molar-refractivity contribution >= 4 is 28.5 Å². The zero-order chi connectivity index (χ0) is 15.4. The van der Waals surface area contributed by atoms with Crippen LogP contribution in [-0.2, 0) is 12.8 Å². The van der Waals surface area contributed by atoms with Gasteiger partial charge in [0.2, 0.25) is 0 Å². The molecule has 2 aromatic heterocycles. The van der Waals surface area contributed by atoms with Crippen molar-refractivity contribution < 1.29 is 0 Å². The molecule has 0 saturated carbocycles. The van der Waals surface area contributed by atoms with Gasteiger partial charge in [0, 0.05) is 37.0 Å². The number of hydrogen-bond acceptors (Lipinski definition) is 4. The summed E-state index contributed by atoms with van der Waals surface area (Å²) in [5, 5.41) is 8.82. The summed E-state index contributed by atoms with van der Waals surface area (Å²) in [6.45, 7) is 3.05. The SMILES string of the molecule is Cc1ccc(CSCCNc2ccnc3c2cnn3C)cc1. The lowest BCUT2D eigenvalue weighted by molar-refractivity contribution is 0.786. The van der Waals surface area contributed by atoms with E-state index < -0.39 is 0 Å². The molecule has 22 heavy (non-hydrogen) atoms. The summed E-state index contributed by atoms with van der Waals surface area (Å²) in [5.41, 5.74) is 4.72. The van der Waals surface area contributed by atoms with E-state index in [0.717, 1.165) is 34.8 Å². The van der Waals surface area contributed by atoms with Crippen LogP contribution < -0.4 is 5.32 Å². The van der Waals surface area contributed by atoms with Crippen LogP contribution in [0.2, 0.25) is 0 Å². The molecule has 3 aromatic rings. The summed E-state index contributed by atoms with van der Waals surface area (Å²) in [6.07, 6.45) is 3.69. The van der Waals surface area contributed by atoms with E-state index >= 15 is 0 Å². The molecule has 0 fully saturated rings. The fraction of sp³-hybridized carbons (Fsp3) is 0.294. The number of nitrogens with zero attached hydrogens (tertiary/aromatic N) is 3. The third-order valence-electron chi connectivity index (χ3n) is 3.59. The molecule has 0 aliphatic heterocycles. The number of rotatable bonds is 6. The van der Waals surface area contributed by atoms with E-state index in [0.29, 0.717) is 0 Å². The number of hydrogen-bond donors (Lipinski definition) is 1. The Hall–Kier alpha value is -2.01. The van der Waals surface area contributed by atoms with Crippen LogP contribution in [-0.4, -0.2) is 27.1 Å². The van der Waals surface area contributed by atoms with E-state index in [1.807, 2.05) is 37.3 Å². The molecule has 0 aliphatic rings. The molecule has 0 amide bonds. The van der Waals surface area contributed by atoms with Crippen molar-refractivity contribution in [3.05, 3.63) is 53.9 Å². The standard InChI is InChI=1S/C17H20N4S/c1-13-3-5-14(6-4-13)12-22-10-9-18-16-7-8-19-17-15(16)11-20-21(17)2/h3-8,11H,9-10,12H2,1-2H3,(H,18,19). The molecular weight excluding hydrogens is 292 g/mol. The van der Waals surface area contributed by atoms with E-state index in [4.69, 9.17) is 0 Å². The molecule has 0 radical (unpaired) electrons. The quantitative estimate of drug-likeness (QED) is 0.706. The van der Waals surface area contributed by atoms with Crippen LogP contribution in [0.4, 0.5) is 5.69 Å². The molecule has 2 heterocycles. The minimum absolute atomic E-state index is 0.914. The largest absolute Gasteiger partial charge is 0.384 e. The number of benzene rings is 1. The predicted octanol–water partition coefficient (Wildman–Crippen LogP) is 3.62. The molecule has 0 bridgehead atoms. The fourth-order valence-electron chi connectivity index (χ4n) is 2.33. The molecule has 0 aliphatic carbocycles. The van der Waals surface area contributed by atoms with Gasteiger partial charge in [-0.3, -0.25) is 4.68 Å². The number of anilines is 1. The van der Waals surface area contributed by atoms with Gasteiger partial charge >= 0.3 is 0 Å². The Morgan fingerprint density at radius 1 is 1.18 bits per heavy atom.